The molecular formula is C11H9NO5. The molecule has 0 aliphatic rings. The van der Waals surface area contributed by atoms with Crippen LogP contribution >= 0.6 is 0 Å². The predicted octanol–water partition coefficient (Wildman–Crippen LogP) is 1.35. The number of aldehydes is 1. The second-order valence-corrected chi connectivity index (χ2v) is 3.06. The number of rotatable bonds is 4. The van der Waals surface area contributed by atoms with Crippen LogP contribution in [0.15, 0.2) is 29.8 Å². The third-order valence-electron chi connectivity index (χ3n) is 1.97. The number of non-ortho nitro benzene ring substituents is 1. The molecule has 0 atom stereocenters. The van der Waals surface area contributed by atoms with Crippen LogP contribution in [0.1, 0.15) is 5.56 Å². The van der Waals surface area contributed by atoms with Crippen molar-refractivity contribution in [3.05, 3.63) is 45.5 Å². The number of esters is 1. The minimum atomic E-state index is -0.752. The predicted molar refractivity (Wildman–Crippen MR) is 59.2 cm³/mol. The van der Waals surface area contributed by atoms with Gasteiger partial charge in [0.1, 0.15) is 0 Å². The van der Waals surface area contributed by atoms with Gasteiger partial charge in [-0.3, -0.25) is 14.9 Å². The Bertz CT molecular complexity index is 475. The molecule has 17 heavy (non-hydrogen) atoms. The molecule has 0 aliphatic heterocycles. The average Bonchev–Trinajstić information content (AvgIpc) is 2.35. The molecule has 1 aromatic carbocycles. The zero-order valence-electron chi connectivity index (χ0n) is 8.95. The maximum atomic E-state index is 11.1. The van der Waals surface area contributed by atoms with E-state index in [1.54, 1.807) is 0 Å². The minimum absolute atomic E-state index is 0.0622. The highest BCUT2D eigenvalue weighted by Gasteiger charge is 2.09. The Balaban J connectivity index is 3.01. The van der Waals surface area contributed by atoms with E-state index < -0.39 is 10.9 Å². The van der Waals surface area contributed by atoms with Gasteiger partial charge in [-0.2, -0.15) is 0 Å². The van der Waals surface area contributed by atoms with E-state index in [2.05, 4.69) is 4.74 Å². The first-order chi connectivity index (χ1) is 8.08. The van der Waals surface area contributed by atoms with Crippen LogP contribution in [0.4, 0.5) is 5.69 Å². The summed E-state index contributed by atoms with van der Waals surface area (Å²) >= 11 is 0. The minimum Gasteiger partial charge on any atom is -0.465 e. The van der Waals surface area contributed by atoms with Gasteiger partial charge in [0.05, 0.1) is 17.6 Å². The number of benzene rings is 1. The monoisotopic (exact) mass is 235 g/mol. The number of nitro benzene ring substituents is 1. The molecule has 0 heterocycles. The van der Waals surface area contributed by atoms with E-state index in [1.807, 2.05) is 0 Å². The Hall–Kier alpha value is -2.50. The zero-order chi connectivity index (χ0) is 12.8. The van der Waals surface area contributed by atoms with Crippen molar-refractivity contribution < 1.29 is 19.2 Å². The Morgan fingerprint density at radius 2 is 1.94 bits per heavy atom. The van der Waals surface area contributed by atoms with Crippen molar-refractivity contribution in [3.8, 4) is 0 Å². The van der Waals surface area contributed by atoms with Crippen molar-refractivity contribution in [2.75, 3.05) is 7.11 Å². The SMILES string of the molecule is COC(=O)/C(C=O)=C/c1ccc([N+](=O)[O-])cc1. The van der Waals surface area contributed by atoms with Crippen LogP contribution in [0.3, 0.4) is 0 Å². The number of carbonyl (C=O) groups excluding carboxylic acids is 2. The number of hydrogen-bond donors (Lipinski definition) is 0. The van der Waals surface area contributed by atoms with Gasteiger partial charge in [-0.25, -0.2) is 4.79 Å². The standard InChI is InChI=1S/C11H9NO5/c1-17-11(14)9(7-13)6-8-2-4-10(5-3-8)12(15)16/h2-7H,1H3/b9-6+. The molecule has 88 valence electrons. The molecule has 6 nitrogen and oxygen atoms in total. The van der Waals surface area contributed by atoms with E-state index in [-0.39, 0.29) is 11.3 Å². The summed E-state index contributed by atoms with van der Waals surface area (Å²) in [5.41, 5.74) is 0.289. The summed E-state index contributed by atoms with van der Waals surface area (Å²) in [4.78, 5) is 31.6. The van der Waals surface area contributed by atoms with E-state index in [0.29, 0.717) is 11.8 Å². The van der Waals surface area contributed by atoms with Crippen molar-refractivity contribution in [2.45, 2.75) is 0 Å². The lowest BCUT2D eigenvalue weighted by Gasteiger charge is -1.98. The number of carbonyl (C=O) groups is 2. The number of methoxy groups -OCH3 is 1. The summed E-state index contributed by atoms with van der Waals surface area (Å²) in [5.74, 6) is -0.752. The lowest BCUT2D eigenvalue weighted by atomic mass is 10.1. The smallest absolute Gasteiger partial charge is 0.341 e. The molecule has 0 unspecified atom stereocenters. The zero-order valence-corrected chi connectivity index (χ0v) is 8.95. The van der Waals surface area contributed by atoms with E-state index in [9.17, 15) is 19.7 Å². The van der Waals surface area contributed by atoms with E-state index in [1.165, 1.54) is 30.3 Å². The summed E-state index contributed by atoms with van der Waals surface area (Å²) in [6.07, 6.45) is 1.66. The van der Waals surface area contributed by atoms with Gasteiger partial charge in [0.2, 0.25) is 0 Å². The molecule has 0 bridgehead atoms. The fraction of sp³-hybridized carbons (Fsp3) is 0.0909. The third-order valence-corrected chi connectivity index (χ3v) is 1.97. The fourth-order valence-electron chi connectivity index (χ4n) is 1.13. The maximum Gasteiger partial charge on any atom is 0.341 e. The number of hydrogen-bond acceptors (Lipinski definition) is 5. The van der Waals surface area contributed by atoms with Crippen LogP contribution in [0.5, 0.6) is 0 Å². The van der Waals surface area contributed by atoms with Gasteiger partial charge in [0.15, 0.2) is 6.29 Å². The summed E-state index contributed by atoms with van der Waals surface area (Å²) < 4.78 is 4.39. The van der Waals surface area contributed by atoms with Gasteiger partial charge in [0.25, 0.3) is 5.69 Å². The molecule has 0 N–H and O–H groups in total. The molecule has 0 amide bonds. The first-order valence-corrected chi connectivity index (χ1v) is 4.58. The van der Waals surface area contributed by atoms with Crippen LogP contribution in [0, 0.1) is 10.1 Å². The van der Waals surface area contributed by atoms with Crippen molar-refractivity contribution in [2.24, 2.45) is 0 Å². The third kappa shape index (κ3) is 3.23. The van der Waals surface area contributed by atoms with Gasteiger partial charge >= 0.3 is 5.97 Å². The van der Waals surface area contributed by atoms with Gasteiger partial charge in [-0.1, -0.05) is 0 Å². The summed E-state index contributed by atoms with van der Waals surface area (Å²) in [7, 11) is 1.16. The largest absolute Gasteiger partial charge is 0.465 e. The number of nitrogens with zero attached hydrogens (tertiary/aromatic N) is 1. The summed E-state index contributed by atoms with van der Waals surface area (Å²) in [6, 6.07) is 5.44. The van der Waals surface area contributed by atoms with Gasteiger partial charge in [0, 0.05) is 12.1 Å². The van der Waals surface area contributed by atoms with Gasteiger partial charge in [-0.05, 0) is 23.8 Å². The lowest BCUT2D eigenvalue weighted by Crippen LogP contribution is -2.05. The topological polar surface area (TPSA) is 86.5 Å². The van der Waals surface area contributed by atoms with Crippen LogP contribution in [-0.2, 0) is 14.3 Å². The highest BCUT2D eigenvalue weighted by atomic mass is 16.6. The molecule has 0 saturated carbocycles. The van der Waals surface area contributed by atoms with Crippen LogP contribution in [0.25, 0.3) is 6.08 Å². The summed E-state index contributed by atoms with van der Waals surface area (Å²) in [5, 5.41) is 10.4. The molecule has 1 rings (SSSR count). The second-order valence-electron chi connectivity index (χ2n) is 3.06. The van der Waals surface area contributed by atoms with E-state index in [4.69, 9.17) is 0 Å². The Kier molecular flexibility index (Phi) is 4.10. The molecule has 6 heteroatoms. The van der Waals surface area contributed by atoms with E-state index >= 15 is 0 Å². The normalized spacial score (nSPS) is 10.8. The van der Waals surface area contributed by atoms with Crippen LogP contribution in [0.2, 0.25) is 0 Å². The van der Waals surface area contributed by atoms with Gasteiger partial charge < -0.3 is 4.74 Å². The number of nitro groups is 1. The van der Waals surface area contributed by atoms with Gasteiger partial charge in [-0.15, -0.1) is 0 Å². The van der Waals surface area contributed by atoms with Crippen molar-refractivity contribution in [1.82, 2.24) is 0 Å². The maximum absolute atomic E-state index is 11.1. The Morgan fingerprint density at radius 3 is 2.35 bits per heavy atom. The average molecular weight is 235 g/mol. The lowest BCUT2D eigenvalue weighted by molar-refractivity contribution is -0.384. The highest BCUT2D eigenvalue weighted by Crippen LogP contribution is 2.14. The summed E-state index contributed by atoms with van der Waals surface area (Å²) in [6.45, 7) is 0. The Labute approximate surface area is 96.7 Å². The molecule has 0 radical (unpaired) electrons. The van der Waals surface area contributed by atoms with Crippen molar-refractivity contribution >= 4 is 24.0 Å². The van der Waals surface area contributed by atoms with Crippen LogP contribution < -0.4 is 0 Å². The van der Waals surface area contributed by atoms with Crippen LogP contribution in [-0.4, -0.2) is 24.3 Å². The molecule has 0 fully saturated rings. The quantitative estimate of drug-likeness (QED) is 0.149. The number of ether oxygens (including phenoxy) is 1. The molecule has 0 aromatic heterocycles. The first-order valence-electron chi connectivity index (χ1n) is 4.58. The molecule has 0 saturated heterocycles. The van der Waals surface area contributed by atoms with E-state index in [0.717, 1.165) is 7.11 Å². The Morgan fingerprint density at radius 1 is 1.35 bits per heavy atom. The molecular weight excluding hydrogens is 226 g/mol. The van der Waals surface area contributed by atoms with Crippen molar-refractivity contribution in [3.63, 3.8) is 0 Å². The first kappa shape index (κ1) is 12.6. The molecule has 1 aromatic rings. The molecule has 0 spiro atoms. The fourth-order valence-corrected chi connectivity index (χ4v) is 1.13. The molecule has 0 aliphatic carbocycles. The van der Waals surface area contributed by atoms with Crippen molar-refractivity contribution in [1.29, 1.82) is 0 Å². The second kappa shape index (κ2) is 5.55. The highest BCUT2D eigenvalue weighted by molar-refractivity contribution is 6.11.